The monoisotopic (exact) mass is 335 g/mol. The Morgan fingerprint density at radius 3 is 2.96 bits per heavy atom. The van der Waals surface area contributed by atoms with Crippen LogP contribution >= 0.6 is 0 Å². The molecule has 0 radical (unpaired) electrons. The Hall–Kier alpha value is -1.79. The lowest BCUT2D eigenvalue weighted by molar-refractivity contribution is 0.0698. The summed E-state index contributed by atoms with van der Waals surface area (Å²) in [6.45, 7) is 4.46. The first-order valence-corrected chi connectivity index (χ1v) is 8.58. The van der Waals surface area contributed by atoms with Gasteiger partial charge in [0.15, 0.2) is 5.96 Å². The summed E-state index contributed by atoms with van der Waals surface area (Å²) in [5, 5.41) is 6.73. The van der Waals surface area contributed by atoms with Crippen LogP contribution in [0.4, 0.5) is 0 Å². The Morgan fingerprint density at radius 2 is 2.12 bits per heavy atom. The SMILES string of the molecule is CN=C(NCCCOCCOC)NCC1CCOc2ccccc21. The Bertz CT molecular complexity index is 508. The number of ether oxygens (including phenoxy) is 3. The molecule has 0 aliphatic carbocycles. The fourth-order valence-electron chi connectivity index (χ4n) is 2.69. The first-order valence-electron chi connectivity index (χ1n) is 8.58. The summed E-state index contributed by atoms with van der Waals surface area (Å²) >= 11 is 0. The molecule has 0 saturated heterocycles. The lowest BCUT2D eigenvalue weighted by atomic mass is 9.93. The highest BCUT2D eigenvalue weighted by atomic mass is 16.5. The van der Waals surface area contributed by atoms with Crippen molar-refractivity contribution in [1.29, 1.82) is 0 Å². The number of aliphatic imine (C=N–C) groups is 1. The minimum Gasteiger partial charge on any atom is -0.493 e. The van der Waals surface area contributed by atoms with Gasteiger partial charge in [-0.25, -0.2) is 0 Å². The van der Waals surface area contributed by atoms with Gasteiger partial charge in [0.05, 0.1) is 19.8 Å². The normalized spacial score (nSPS) is 17.1. The molecule has 6 nitrogen and oxygen atoms in total. The average Bonchev–Trinajstić information content (AvgIpc) is 2.63. The number of fused-ring (bicyclic) bond motifs is 1. The van der Waals surface area contributed by atoms with Crippen LogP contribution in [0.1, 0.15) is 24.3 Å². The molecule has 0 amide bonds. The standard InChI is InChI=1S/C18H29N3O3/c1-19-18(20-9-5-10-23-13-12-22-2)21-14-15-8-11-24-17-7-4-3-6-16(15)17/h3-4,6-7,15H,5,8-14H2,1-2H3,(H2,19,20,21). The van der Waals surface area contributed by atoms with Gasteiger partial charge in [-0.3, -0.25) is 4.99 Å². The predicted octanol–water partition coefficient (Wildman–Crippen LogP) is 1.77. The number of nitrogens with one attached hydrogen (secondary N) is 2. The Morgan fingerprint density at radius 1 is 1.25 bits per heavy atom. The van der Waals surface area contributed by atoms with E-state index < -0.39 is 0 Å². The number of guanidine groups is 1. The summed E-state index contributed by atoms with van der Waals surface area (Å²) in [4.78, 5) is 4.28. The fraction of sp³-hybridized carbons (Fsp3) is 0.611. The van der Waals surface area contributed by atoms with Crippen LogP contribution in [0.3, 0.4) is 0 Å². The van der Waals surface area contributed by atoms with Gasteiger partial charge in [0.2, 0.25) is 0 Å². The molecule has 24 heavy (non-hydrogen) atoms. The van der Waals surface area contributed by atoms with Crippen molar-refractivity contribution >= 4 is 5.96 Å². The molecule has 0 spiro atoms. The summed E-state index contributed by atoms with van der Waals surface area (Å²) in [6.07, 6.45) is 1.96. The van der Waals surface area contributed by atoms with Crippen LogP contribution in [0.15, 0.2) is 29.3 Å². The van der Waals surface area contributed by atoms with Gasteiger partial charge in [0.25, 0.3) is 0 Å². The molecule has 2 N–H and O–H groups in total. The van der Waals surface area contributed by atoms with Crippen LogP contribution in [-0.2, 0) is 9.47 Å². The molecule has 1 aliphatic rings. The average molecular weight is 335 g/mol. The molecule has 1 aromatic carbocycles. The van der Waals surface area contributed by atoms with Gasteiger partial charge in [0.1, 0.15) is 5.75 Å². The minimum absolute atomic E-state index is 0.450. The maximum absolute atomic E-state index is 5.71. The summed E-state index contributed by atoms with van der Waals surface area (Å²) in [7, 11) is 3.47. The molecule has 1 heterocycles. The van der Waals surface area contributed by atoms with Crippen LogP contribution < -0.4 is 15.4 Å². The predicted molar refractivity (Wildman–Crippen MR) is 96.0 cm³/mol. The first-order chi connectivity index (χ1) is 11.8. The van der Waals surface area contributed by atoms with E-state index in [2.05, 4.69) is 27.8 Å². The maximum Gasteiger partial charge on any atom is 0.190 e. The maximum atomic E-state index is 5.71. The van der Waals surface area contributed by atoms with Crippen LogP contribution in [-0.4, -0.2) is 59.6 Å². The first kappa shape index (κ1) is 18.5. The number of para-hydroxylation sites is 1. The van der Waals surface area contributed by atoms with E-state index >= 15 is 0 Å². The summed E-state index contributed by atoms with van der Waals surface area (Å²) < 4.78 is 16.1. The third-order valence-electron chi connectivity index (χ3n) is 4.01. The third kappa shape index (κ3) is 6.02. The second-order valence-electron chi connectivity index (χ2n) is 5.71. The Kier molecular flexibility index (Phi) is 8.41. The topological polar surface area (TPSA) is 64.1 Å². The van der Waals surface area contributed by atoms with Crippen molar-refractivity contribution in [3.05, 3.63) is 29.8 Å². The molecule has 0 saturated carbocycles. The van der Waals surface area contributed by atoms with Crippen molar-refractivity contribution in [3.63, 3.8) is 0 Å². The van der Waals surface area contributed by atoms with Crippen molar-refractivity contribution in [2.45, 2.75) is 18.8 Å². The molecule has 134 valence electrons. The van der Waals surface area contributed by atoms with Gasteiger partial charge < -0.3 is 24.8 Å². The molecule has 0 fully saturated rings. The Balaban J connectivity index is 1.67. The molecule has 6 heteroatoms. The molecule has 0 aromatic heterocycles. The van der Waals surface area contributed by atoms with Crippen LogP contribution in [0.25, 0.3) is 0 Å². The van der Waals surface area contributed by atoms with Crippen molar-refractivity contribution < 1.29 is 14.2 Å². The van der Waals surface area contributed by atoms with Gasteiger partial charge in [-0.2, -0.15) is 0 Å². The zero-order valence-electron chi connectivity index (χ0n) is 14.7. The van der Waals surface area contributed by atoms with Gasteiger partial charge in [0, 0.05) is 39.8 Å². The third-order valence-corrected chi connectivity index (χ3v) is 4.01. The minimum atomic E-state index is 0.450. The fourth-order valence-corrected chi connectivity index (χ4v) is 2.69. The van der Waals surface area contributed by atoms with E-state index in [1.807, 2.05) is 12.1 Å². The van der Waals surface area contributed by atoms with Crippen molar-refractivity contribution in [1.82, 2.24) is 10.6 Å². The van der Waals surface area contributed by atoms with Crippen LogP contribution in [0.5, 0.6) is 5.75 Å². The van der Waals surface area contributed by atoms with E-state index in [-0.39, 0.29) is 0 Å². The molecule has 1 atom stereocenters. The van der Waals surface area contributed by atoms with E-state index in [0.717, 1.165) is 50.9 Å². The van der Waals surface area contributed by atoms with Gasteiger partial charge in [-0.1, -0.05) is 18.2 Å². The largest absolute Gasteiger partial charge is 0.493 e. The van der Waals surface area contributed by atoms with Crippen LogP contribution in [0, 0.1) is 0 Å². The second kappa shape index (κ2) is 10.9. The molecule has 2 rings (SSSR count). The van der Waals surface area contributed by atoms with Crippen molar-refractivity contribution in [2.24, 2.45) is 4.99 Å². The molecule has 1 unspecified atom stereocenters. The highest BCUT2D eigenvalue weighted by molar-refractivity contribution is 5.79. The number of methoxy groups -OCH3 is 1. The summed E-state index contributed by atoms with van der Waals surface area (Å²) in [5.74, 6) is 2.29. The molecule has 1 aliphatic heterocycles. The molecule has 1 aromatic rings. The van der Waals surface area contributed by atoms with Crippen LogP contribution in [0.2, 0.25) is 0 Å². The highest BCUT2D eigenvalue weighted by Gasteiger charge is 2.20. The number of hydrogen-bond donors (Lipinski definition) is 2. The van der Waals surface area contributed by atoms with Gasteiger partial charge in [-0.15, -0.1) is 0 Å². The lowest BCUT2D eigenvalue weighted by Gasteiger charge is -2.26. The zero-order valence-corrected chi connectivity index (χ0v) is 14.7. The molecule has 0 bridgehead atoms. The summed E-state index contributed by atoms with van der Waals surface area (Å²) in [6, 6.07) is 8.27. The molecular weight excluding hydrogens is 306 g/mol. The number of hydrogen-bond acceptors (Lipinski definition) is 4. The highest BCUT2D eigenvalue weighted by Crippen LogP contribution is 2.32. The molecular formula is C18H29N3O3. The van der Waals surface area contributed by atoms with E-state index in [1.54, 1.807) is 14.2 Å². The Labute approximate surface area is 144 Å². The number of rotatable bonds is 9. The quantitative estimate of drug-likeness (QED) is 0.409. The van der Waals surface area contributed by atoms with E-state index in [9.17, 15) is 0 Å². The lowest BCUT2D eigenvalue weighted by Crippen LogP contribution is -2.40. The number of benzene rings is 1. The van der Waals surface area contributed by atoms with Crippen molar-refractivity contribution in [2.75, 3.05) is 53.7 Å². The van der Waals surface area contributed by atoms with Gasteiger partial charge >= 0.3 is 0 Å². The van der Waals surface area contributed by atoms with E-state index in [0.29, 0.717) is 19.1 Å². The van der Waals surface area contributed by atoms with E-state index in [4.69, 9.17) is 14.2 Å². The second-order valence-corrected chi connectivity index (χ2v) is 5.71. The number of nitrogens with zero attached hydrogens (tertiary/aromatic N) is 1. The van der Waals surface area contributed by atoms with Gasteiger partial charge in [-0.05, 0) is 24.5 Å². The summed E-state index contributed by atoms with van der Waals surface area (Å²) in [5.41, 5.74) is 1.28. The van der Waals surface area contributed by atoms with E-state index in [1.165, 1.54) is 5.56 Å². The zero-order chi connectivity index (χ0) is 17.0. The smallest absolute Gasteiger partial charge is 0.190 e. The van der Waals surface area contributed by atoms with Crippen molar-refractivity contribution in [3.8, 4) is 5.75 Å².